The summed E-state index contributed by atoms with van der Waals surface area (Å²) in [6.45, 7) is 0. The molecule has 4 aromatic heterocycles. The summed E-state index contributed by atoms with van der Waals surface area (Å²) in [6.07, 6.45) is 0. The predicted molar refractivity (Wildman–Crippen MR) is 243 cm³/mol. The molecule has 0 aliphatic carbocycles. The molecule has 0 amide bonds. The van der Waals surface area contributed by atoms with Crippen molar-refractivity contribution in [2.75, 3.05) is 4.90 Å². The van der Waals surface area contributed by atoms with E-state index in [-0.39, 0.29) is 0 Å². The molecule has 0 spiro atoms. The second kappa shape index (κ2) is 13.3. The molecule has 0 aliphatic heterocycles. The van der Waals surface area contributed by atoms with Gasteiger partial charge in [-0.3, -0.25) is 0 Å². The summed E-state index contributed by atoms with van der Waals surface area (Å²) in [5, 5.41) is 9.03. The van der Waals surface area contributed by atoms with E-state index in [1.54, 1.807) is 0 Å². The van der Waals surface area contributed by atoms with Crippen molar-refractivity contribution in [1.82, 2.24) is 9.97 Å². The highest BCUT2D eigenvalue weighted by Gasteiger charge is 2.17. The van der Waals surface area contributed by atoms with Crippen molar-refractivity contribution in [3.8, 4) is 33.6 Å². The zero-order valence-electron chi connectivity index (χ0n) is 31.7. The van der Waals surface area contributed by atoms with Crippen LogP contribution in [0.2, 0.25) is 0 Å². The number of hydrogen-bond acceptors (Lipinski definition) is 5. The summed E-state index contributed by atoms with van der Waals surface area (Å²) in [4.78, 5) is 12.2. The Morgan fingerprint density at radius 1 is 0.305 bits per heavy atom. The van der Waals surface area contributed by atoms with Gasteiger partial charge in [0.2, 0.25) is 11.4 Å². The van der Waals surface area contributed by atoms with Gasteiger partial charge in [-0.1, -0.05) is 121 Å². The van der Waals surface area contributed by atoms with Gasteiger partial charge in [0.1, 0.15) is 11.2 Å². The van der Waals surface area contributed by atoms with Crippen LogP contribution in [0.3, 0.4) is 0 Å². The minimum absolute atomic E-state index is 0.642. The summed E-state index contributed by atoms with van der Waals surface area (Å²) >= 11 is 0. The number of benzene rings is 8. The number of hydrogen-bond donors (Lipinski definition) is 0. The van der Waals surface area contributed by atoms with E-state index in [2.05, 4.69) is 169 Å². The van der Waals surface area contributed by atoms with Crippen LogP contribution in [0, 0.1) is 0 Å². The number of nitrogens with zero attached hydrogens (tertiary/aromatic N) is 3. The van der Waals surface area contributed by atoms with Crippen molar-refractivity contribution in [2.24, 2.45) is 0 Å². The molecule has 5 heteroatoms. The zero-order valence-corrected chi connectivity index (χ0v) is 31.7. The Morgan fingerprint density at radius 2 is 0.763 bits per heavy atom. The molecule has 5 nitrogen and oxygen atoms in total. The van der Waals surface area contributed by atoms with E-state index in [1.165, 1.54) is 32.7 Å². The van der Waals surface area contributed by atoms with Gasteiger partial charge in [-0.05, 0) is 112 Å². The number of pyridine rings is 2. The average molecular weight is 756 g/mol. The quantitative estimate of drug-likeness (QED) is 0.158. The van der Waals surface area contributed by atoms with E-state index >= 15 is 0 Å². The van der Waals surface area contributed by atoms with Crippen molar-refractivity contribution in [3.63, 3.8) is 0 Å². The molecular formula is C54H33N3O2. The maximum atomic E-state index is 6.13. The topological polar surface area (TPSA) is 55.3 Å². The molecule has 0 bridgehead atoms. The van der Waals surface area contributed by atoms with Crippen LogP contribution in [0.1, 0.15) is 0 Å². The van der Waals surface area contributed by atoms with Crippen LogP contribution < -0.4 is 4.90 Å². The standard InChI is InChI=1S/C54H33N3O2/c1-2-8-34(9-3-1)37-20-26-43-38(32-37)14-15-39-33-42(25-27-44(39)43)57(40-21-16-35(17-22-40)49-30-28-47-45-10-4-6-12-51(45)58-53(47)55-49)41-23-18-36(19-24-41)50-31-29-48-46-11-5-7-13-52(46)59-54(48)56-50/h1-33H. The maximum absolute atomic E-state index is 6.13. The molecule has 8 aromatic carbocycles. The molecule has 276 valence electrons. The molecule has 0 atom stereocenters. The minimum atomic E-state index is 0.642. The Morgan fingerprint density at radius 3 is 1.34 bits per heavy atom. The van der Waals surface area contributed by atoms with Gasteiger partial charge in [-0.25, -0.2) is 9.97 Å². The third-order valence-corrected chi connectivity index (χ3v) is 11.5. The number of fused-ring (bicyclic) bond motifs is 9. The molecule has 0 unspecified atom stereocenters. The van der Waals surface area contributed by atoms with Gasteiger partial charge in [0.25, 0.3) is 0 Å². The summed E-state index contributed by atoms with van der Waals surface area (Å²) < 4.78 is 12.3. The first-order chi connectivity index (χ1) is 29.2. The van der Waals surface area contributed by atoms with Gasteiger partial charge in [-0.2, -0.15) is 0 Å². The van der Waals surface area contributed by atoms with Crippen LogP contribution in [0.15, 0.2) is 209 Å². The fourth-order valence-electron chi connectivity index (χ4n) is 8.55. The van der Waals surface area contributed by atoms with Crippen molar-refractivity contribution in [1.29, 1.82) is 0 Å². The van der Waals surface area contributed by atoms with Crippen LogP contribution >= 0.6 is 0 Å². The van der Waals surface area contributed by atoms with Crippen molar-refractivity contribution >= 4 is 82.7 Å². The summed E-state index contributed by atoms with van der Waals surface area (Å²) in [6, 6.07) is 70.3. The van der Waals surface area contributed by atoms with Crippen LogP contribution in [-0.2, 0) is 0 Å². The lowest BCUT2D eigenvalue weighted by molar-refractivity contribution is 0.654. The van der Waals surface area contributed by atoms with E-state index in [0.717, 1.165) is 72.3 Å². The Balaban J connectivity index is 0.937. The molecule has 12 aromatic rings. The molecule has 0 aliphatic rings. The maximum Gasteiger partial charge on any atom is 0.227 e. The second-order valence-corrected chi connectivity index (χ2v) is 15.0. The number of anilines is 3. The van der Waals surface area contributed by atoms with Crippen molar-refractivity contribution in [2.45, 2.75) is 0 Å². The van der Waals surface area contributed by atoms with E-state index < -0.39 is 0 Å². The number of para-hydroxylation sites is 2. The van der Waals surface area contributed by atoms with Crippen LogP contribution in [0.25, 0.3) is 99.3 Å². The van der Waals surface area contributed by atoms with Crippen molar-refractivity contribution in [3.05, 3.63) is 200 Å². The molecule has 0 saturated carbocycles. The van der Waals surface area contributed by atoms with Gasteiger partial charge in [-0.15, -0.1) is 0 Å². The first-order valence-corrected chi connectivity index (χ1v) is 19.8. The normalized spacial score (nSPS) is 11.7. The predicted octanol–water partition coefficient (Wildman–Crippen LogP) is 15.1. The lowest BCUT2D eigenvalue weighted by atomic mass is 9.97. The van der Waals surface area contributed by atoms with Crippen LogP contribution in [-0.4, -0.2) is 9.97 Å². The largest absolute Gasteiger partial charge is 0.438 e. The van der Waals surface area contributed by atoms with E-state index in [1.807, 2.05) is 36.4 Å². The third-order valence-electron chi connectivity index (χ3n) is 11.5. The first kappa shape index (κ1) is 33.2. The minimum Gasteiger partial charge on any atom is -0.438 e. The van der Waals surface area contributed by atoms with Gasteiger partial charge in [0.05, 0.1) is 11.4 Å². The first-order valence-electron chi connectivity index (χ1n) is 19.8. The molecule has 4 heterocycles. The molecule has 12 rings (SSSR count). The Bertz CT molecular complexity index is 3390. The fourth-order valence-corrected chi connectivity index (χ4v) is 8.55. The van der Waals surface area contributed by atoms with Gasteiger partial charge >= 0.3 is 0 Å². The molecule has 0 saturated heterocycles. The van der Waals surface area contributed by atoms with E-state index in [4.69, 9.17) is 18.8 Å². The number of furan rings is 2. The SMILES string of the molecule is c1ccc(-c2ccc3c(ccc4cc(N(c5ccc(-c6ccc7c(n6)oc6ccccc67)cc5)c5ccc(-c6ccc7c(n6)oc6ccccc67)cc5)ccc43)c2)cc1. The monoisotopic (exact) mass is 755 g/mol. The summed E-state index contributed by atoms with van der Waals surface area (Å²) in [5.74, 6) is 0. The van der Waals surface area contributed by atoms with E-state index in [9.17, 15) is 0 Å². The molecule has 0 fully saturated rings. The van der Waals surface area contributed by atoms with Crippen LogP contribution in [0.5, 0.6) is 0 Å². The Kier molecular flexibility index (Phi) is 7.47. The van der Waals surface area contributed by atoms with Gasteiger partial charge < -0.3 is 13.7 Å². The van der Waals surface area contributed by atoms with Crippen LogP contribution in [0.4, 0.5) is 17.1 Å². The van der Waals surface area contributed by atoms with Gasteiger partial charge in [0.15, 0.2) is 0 Å². The van der Waals surface area contributed by atoms with Crippen molar-refractivity contribution < 1.29 is 8.83 Å². The highest BCUT2D eigenvalue weighted by Crippen LogP contribution is 2.40. The summed E-state index contributed by atoms with van der Waals surface area (Å²) in [7, 11) is 0. The second-order valence-electron chi connectivity index (χ2n) is 15.0. The smallest absolute Gasteiger partial charge is 0.227 e. The highest BCUT2D eigenvalue weighted by molar-refractivity contribution is 6.10. The molecule has 0 N–H and O–H groups in total. The molecular weight excluding hydrogens is 723 g/mol. The van der Waals surface area contributed by atoms with Gasteiger partial charge in [0, 0.05) is 49.7 Å². The average Bonchev–Trinajstić information content (AvgIpc) is 3.87. The molecule has 59 heavy (non-hydrogen) atoms. The number of aromatic nitrogens is 2. The van der Waals surface area contributed by atoms with E-state index in [0.29, 0.717) is 11.4 Å². The third kappa shape index (κ3) is 5.63. The highest BCUT2D eigenvalue weighted by atomic mass is 16.3. The lowest BCUT2D eigenvalue weighted by Crippen LogP contribution is -2.10. The zero-order chi connectivity index (χ0) is 38.9. The Hall–Kier alpha value is -8.02. The molecule has 0 radical (unpaired) electrons. The number of rotatable bonds is 6. The lowest BCUT2D eigenvalue weighted by Gasteiger charge is -2.26. The Labute approximate surface area is 339 Å². The fraction of sp³-hybridized carbons (Fsp3) is 0. The summed E-state index contributed by atoms with van der Waals surface area (Å²) in [5.41, 5.74) is 12.3.